The maximum atomic E-state index is 9.02. The SMILES string of the molecule is NC1=CC=C(O)C(N)C1N. The van der Waals surface area contributed by atoms with E-state index in [9.17, 15) is 0 Å². The summed E-state index contributed by atoms with van der Waals surface area (Å²) in [6.07, 6.45) is 3.02. The van der Waals surface area contributed by atoms with Gasteiger partial charge in [0.1, 0.15) is 5.76 Å². The van der Waals surface area contributed by atoms with Crippen LogP contribution in [0.3, 0.4) is 0 Å². The zero-order valence-electron chi connectivity index (χ0n) is 5.49. The van der Waals surface area contributed by atoms with E-state index in [4.69, 9.17) is 22.3 Å². The minimum atomic E-state index is -0.551. The summed E-state index contributed by atoms with van der Waals surface area (Å²) in [5.74, 6) is 0.0849. The van der Waals surface area contributed by atoms with Crippen LogP contribution in [0, 0.1) is 0 Å². The highest BCUT2D eigenvalue weighted by atomic mass is 16.3. The summed E-state index contributed by atoms with van der Waals surface area (Å²) in [4.78, 5) is 0. The molecule has 1 rings (SSSR count). The molecular weight excluding hydrogens is 130 g/mol. The van der Waals surface area contributed by atoms with Crippen LogP contribution in [-0.2, 0) is 0 Å². The molecule has 0 aliphatic heterocycles. The maximum Gasteiger partial charge on any atom is 0.111 e. The van der Waals surface area contributed by atoms with Gasteiger partial charge in [-0.05, 0) is 12.2 Å². The first-order valence-electron chi connectivity index (χ1n) is 3.00. The van der Waals surface area contributed by atoms with Crippen LogP contribution in [0.4, 0.5) is 0 Å². The first-order chi connectivity index (χ1) is 4.63. The van der Waals surface area contributed by atoms with Crippen molar-refractivity contribution in [2.24, 2.45) is 17.2 Å². The van der Waals surface area contributed by atoms with Crippen molar-refractivity contribution >= 4 is 0 Å². The number of nitrogens with two attached hydrogens (primary N) is 3. The Morgan fingerprint density at radius 1 is 1.20 bits per heavy atom. The predicted molar refractivity (Wildman–Crippen MR) is 38.9 cm³/mol. The molecule has 0 spiro atoms. The molecule has 2 unspecified atom stereocenters. The molecule has 4 heteroatoms. The molecule has 56 valence electrons. The van der Waals surface area contributed by atoms with Gasteiger partial charge in [0.15, 0.2) is 0 Å². The lowest BCUT2D eigenvalue weighted by molar-refractivity contribution is 0.350. The van der Waals surface area contributed by atoms with Gasteiger partial charge in [-0.2, -0.15) is 0 Å². The second-order valence-electron chi connectivity index (χ2n) is 2.31. The van der Waals surface area contributed by atoms with Crippen LogP contribution < -0.4 is 17.2 Å². The standard InChI is InChI=1S/C6H11N3O/c7-3-1-2-4(10)6(9)5(3)8/h1-2,5-6,10H,7-9H2. The Morgan fingerprint density at radius 3 is 2.30 bits per heavy atom. The average Bonchev–Trinajstić information content (AvgIpc) is 1.93. The fourth-order valence-corrected chi connectivity index (χ4v) is 0.795. The average molecular weight is 141 g/mol. The molecule has 4 nitrogen and oxygen atoms in total. The summed E-state index contributed by atoms with van der Waals surface area (Å²) < 4.78 is 0. The van der Waals surface area contributed by atoms with E-state index in [1.807, 2.05) is 0 Å². The van der Waals surface area contributed by atoms with E-state index < -0.39 is 12.1 Å². The molecule has 0 bridgehead atoms. The molecule has 2 atom stereocenters. The summed E-state index contributed by atoms with van der Waals surface area (Å²) >= 11 is 0. The molecule has 0 saturated heterocycles. The minimum absolute atomic E-state index is 0.0849. The van der Waals surface area contributed by atoms with Gasteiger partial charge >= 0.3 is 0 Å². The molecule has 0 heterocycles. The number of rotatable bonds is 0. The van der Waals surface area contributed by atoms with Gasteiger partial charge in [-0.15, -0.1) is 0 Å². The van der Waals surface area contributed by atoms with Crippen LogP contribution in [0.15, 0.2) is 23.6 Å². The lowest BCUT2D eigenvalue weighted by atomic mass is 10.00. The molecule has 0 aromatic rings. The van der Waals surface area contributed by atoms with Crippen LogP contribution in [0.1, 0.15) is 0 Å². The van der Waals surface area contributed by atoms with Crippen molar-refractivity contribution in [1.29, 1.82) is 0 Å². The highest BCUT2D eigenvalue weighted by Gasteiger charge is 2.21. The van der Waals surface area contributed by atoms with Gasteiger partial charge < -0.3 is 22.3 Å². The van der Waals surface area contributed by atoms with Crippen molar-refractivity contribution < 1.29 is 5.11 Å². The van der Waals surface area contributed by atoms with Crippen LogP contribution in [0.5, 0.6) is 0 Å². The van der Waals surface area contributed by atoms with Gasteiger partial charge in [0.25, 0.3) is 0 Å². The molecule has 0 amide bonds. The molecule has 0 aromatic heterocycles. The number of aliphatic hydroxyl groups is 1. The number of aliphatic hydroxyl groups excluding tert-OH is 1. The summed E-state index contributed by atoms with van der Waals surface area (Å²) in [5, 5.41) is 9.02. The quantitative estimate of drug-likeness (QED) is 0.345. The van der Waals surface area contributed by atoms with E-state index >= 15 is 0 Å². The Hall–Kier alpha value is -1.00. The van der Waals surface area contributed by atoms with Crippen LogP contribution >= 0.6 is 0 Å². The Balaban J connectivity index is 2.86. The van der Waals surface area contributed by atoms with Gasteiger partial charge in [0.2, 0.25) is 0 Å². The minimum Gasteiger partial charge on any atom is -0.511 e. The second kappa shape index (κ2) is 2.32. The molecular formula is C6H11N3O. The predicted octanol–water partition coefficient (Wildman–Crippen LogP) is -1.06. The van der Waals surface area contributed by atoms with Gasteiger partial charge in [-0.3, -0.25) is 0 Å². The van der Waals surface area contributed by atoms with Crippen molar-refractivity contribution in [2.75, 3.05) is 0 Å². The van der Waals surface area contributed by atoms with Crippen LogP contribution in [0.2, 0.25) is 0 Å². The highest BCUT2D eigenvalue weighted by molar-refractivity contribution is 5.28. The lowest BCUT2D eigenvalue weighted by Gasteiger charge is -2.22. The first kappa shape index (κ1) is 7.11. The largest absolute Gasteiger partial charge is 0.511 e. The Morgan fingerprint density at radius 2 is 1.80 bits per heavy atom. The normalized spacial score (nSPS) is 33.0. The lowest BCUT2D eigenvalue weighted by Crippen LogP contribution is -2.47. The van der Waals surface area contributed by atoms with Gasteiger partial charge in [0.05, 0.1) is 12.1 Å². The zero-order chi connectivity index (χ0) is 7.72. The Bertz CT molecular complexity index is 175. The summed E-state index contributed by atoms with van der Waals surface area (Å²) in [5.41, 5.74) is 16.9. The molecule has 0 saturated carbocycles. The Kier molecular flexibility index (Phi) is 1.65. The molecule has 0 aromatic carbocycles. The monoisotopic (exact) mass is 141 g/mol. The Labute approximate surface area is 59.0 Å². The van der Waals surface area contributed by atoms with Gasteiger partial charge in [-0.25, -0.2) is 0 Å². The zero-order valence-corrected chi connectivity index (χ0v) is 5.49. The number of hydrogen-bond donors (Lipinski definition) is 4. The molecule has 7 N–H and O–H groups in total. The molecule has 1 aliphatic carbocycles. The van der Waals surface area contributed by atoms with Crippen LogP contribution in [0.25, 0.3) is 0 Å². The van der Waals surface area contributed by atoms with E-state index in [-0.39, 0.29) is 5.76 Å². The smallest absolute Gasteiger partial charge is 0.111 e. The third-order valence-electron chi connectivity index (χ3n) is 1.56. The van der Waals surface area contributed by atoms with E-state index in [2.05, 4.69) is 0 Å². The van der Waals surface area contributed by atoms with Crippen LogP contribution in [-0.4, -0.2) is 17.2 Å². The second-order valence-corrected chi connectivity index (χ2v) is 2.31. The van der Waals surface area contributed by atoms with Crippen molar-refractivity contribution in [3.63, 3.8) is 0 Å². The van der Waals surface area contributed by atoms with Gasteiger partial charge in [-0.1, -0.05) is 0 Å². The number of hydrogen-bond acceptors (Lipinski definition) is 4. The molecule has 10 heavy (non-hydrogen) atoms. The third kappa shape index (κ3) is 0.984. The highest BCUT2D eigenvalue weighted by Crippen LogP contribution is 2.10. The van der Waals surface area contributed by atoms with Gasteiger partial charge in [0, 0.05) is 5.70 Å². The van der Waals surface area contributed by atoms with E-state index in [0.29, 0.717) is 5.70 Å². The van der Waals surface area contributed by atoms with Crippen molar-refractivity contribution in [3.8, 4) is 0 Å². The van der Waals surface area contributed by atoms with Crippen molar-refractivity contribution in [3.05, 3.63) is 23.6 Å². The molecule has 0 radical (unpaired) electrons. The van der Waals surface area contributed by atoms with Crippen molar-refractivity contribution in [2.45, 2.75) is 12.1 Å². The third-order valence-corrected chi connectivity index (χ3v) is 1.56. The van der Waals surface area contributed by atoms with E-state index in [0.717, 1.165) is 0 Å². The number of allylic oxidation sites excluding steroid dienone is 2. The van der Waals surface area contributed by atoms with E-state index in [1.54, 1.807) is 6.08 Å². The topological polar surface area (TPSA) is 98.3 Å². The van der Waals surface area contributed by atoms with E-state index in [1.165, 1.54) is 6.08 Å². The molecule has 0 fully saturated rings. The maximum absolute atomic E-state index is 9.02. The van der Waals surface area contributed by atoms with Crippen molar-refractivity contribution in [1.82, 2.24) is 0 Å². The summed E-state index contributed by atoms with van der Waals surface area (Å²) in [6, 6.07) is -1.00. The summed E-state index contributed by atoms with van der Waals surface area (Å²) in [6.45, 7) is 0. The fourth-order valence-electron chi connectivity index (χ4n) is 0.795. The molecule has 1 aliphatic rings. The fraction of sp³-hybridized carbons (Fsp3) is 0.333. The first-order valence-corrected chi connectivity index (χ1v) is 3.00. The summed E-state index contributed by atoms with van der Waals surface area (Å²) in [7, 11) is 0.